The topological polar surface area (TPSA) is 75.2 Å². The van der Waals surface area contributed by atoms with Crippen molar-refractivity contribution in [3.8, 4) is 0 Å². The number of alkyl halides is 3. The molecule has 0 aromatic carbocycles. The van der Waals surface area contributed by atoms with E-state index < -0.39 is 35.0 Å². The molecule has 0 radical (unpaired) electrons. The smallest absolute Gasteiger partial charge is 0.335 e. The molecule has 1 aromatic rings. The highest BCUT2D eigenvalue weighted by atomic mass is 35.5. The van der Waals surface area contributed by atoms with E-state index in [0.29, 0.717) is 6.42 Å². The van der Waals surface area contributed by atoms with Crippen molar-refractivity contribution in [2.75, 3.05) is 11.4 Å². The largest absolute Gasteiger partial charge is 0.451 e. The lowest BCUT2D eigenvalue weighted by atomic mass is 10.1. The SMILES string of the molecule is CCC1C(=O)NC(=O)CN1c1cc(Cl)nc(C(F)(F)F)n1. The Labute approximate surface area is 122 Å². The number of nitrogens with one attached hydrogen (secondary N) is 1. The summed E-state index contributed by atoms with van der Waals surface area (Å²) in [6.07, 6.45) is -4.48. The number of aromatic nitrogens is 2. The van der Waals surface area contributed by atoms with Crippen molar-refractivity contribution in [3.63, 3.8) is 0 Å². The van der Waals surface area contributed by atoms with Gasteiger partial charge in [0.05, 0.1) is 6.54 Å². The summed E-state index contributed by atoms with van der Waals surface area (Å²) in [4.78, 5) is 30.8. The first-order valence-electron chi connectivity index (χ1n) is 5.94. The first-order valence-corrected chi connectivity index (χ1v) is 6.32. The number of halogens is 4. The van der Waals surface area contributed by atoms with Gasteiger partial charge in [0.15, 0.2) is 0 Å². The zero-order valence-electron chi connectivity index (χ0n) is 10.7. The zero-order valence-corrected chi connectivity index (χ0v) is 11.5. The van der Waals surface area contributed by atoms with Gasteiger partial charge in [0.25, 0.3) is 0 Å². The minimum atomic E-state index is -4.77. The number of amides is 2. The molecule has 1 aromatic heterocycles. The number of carbonyl (C=O) groups is 2. The van der Waals surface area contributed by atoms with E-state index in [1.807, 2.05) is 0 Å². The van der Waals surface area contributed by atoms with Gasteiger partial charge in [-0.25, -0.2) is 9.97 Å². The monoisotopic (exact) mass is 322 g/mol. The Hall–Kier alpha value is -1.90. The molecule has 1 aliphatic heterocycles. The van der Waals surface area contributed by atoms with Gasteiger partial charge in [0.2, 0.25) is 17.6 Å². The number of rotatable bonds is 2. The number of piperazine rings is 1. The first kappa shape index (κ1) is 15.5. The fourth-order valence-corrected chi connectivity index (χ4v) is 2.17. The number of imide groups is 1. The zero-order chi connectivity index (χ0) is 15.8. The molecule has 1 saturated heterocycles. The Bertz CT molecular complexity index is 593. The van der Waals surface area contributed by atoms with Crippen LogP contribution in [0.2, 0.25) is 5.15 Å². The molecule has 0 bridgehead atoms. The van der Waals surface area contributed by atoms with Crippen molar-refractivity contribution in [1.29, 1.82) is 0 Å². The summed E-state index contributed by atoms with van der Waals surface area (Å²) in [6.45, 7) is 1.38. The Balaban J connectivity index is 2.46. The van der Waals surface area contributed by atoms with Gasteiger partial charge >= 0.3 is 6.18 Å². The molecule has 1 atom stereocenters. The molecule has 0 aliphatic carbocycles. The molecule has 10 heteroatoms. The Morgan fingerprint density at radius 1 is 1.43 bits per heavy atom. The summed E-state index contributed by atoms with van der Waals surface area (Å²) in [5.74, 6) is -2.83. The van der Waals surface area contributed by atoms with E-state index in [0.717, 1.165) is 6.07 Å². The predicted molar refractivity (Wildman–Crippen MR) is 66.6 cm³/mol. The van der Waals surface area contributed by atoms with Gasteiger partial charge in [-0.2, -0.15) is 13.2 Å². The van der Waals surface area contributed by atoms with Crippen LogP contribution in [0.5, 0.6) is 0 Å². The van der Waals surface area contributed by atoms with Gasteiger partial charge in [-0.1, -0.05) is 18.5 Å². The van der Waals surface area contributed by atoms with Crippen molar-refractivity contribution >= 4 is 29.2 Å². The molecule has 1 fully saturated rings. The first-order chi connectivity index (χ1) is 9.72. The average molecular weight is 323 g/mol. The van der Waals surface area contributed by atoms with E-state index in [-0.39, 0.29) is 12.4 Å². The Morgan fingerprint density at radius 2 is 2.10 bits per heavy atom. The van der Waals surface area contributed by atoms with Crippen LogP contribution in [0.4, 0.5) is 19.0 Å². The quantitative estimate of drug-likeness (QED) is 0.658. The van der Waals surface area contributed by atoms with E-state index in [9.17, 15) is 22.8 Å². The van der Waals surface area contributed by atoms with Gasteiger partial charge in [-0.15, -0.1) is 0 Å². The van der Waals surface area contributed by atoms with E-state index in [1.165, 1.54) is 4.90 Å². The third-order valence-electron chi connectivity index (χ3n) is 2.87. The number of nitrogens with zero attached hydrogens (tertiary/aromatic N) is 3. The standard InChI is InChI=1S/C11H10ClF3N4O2/c1-2-5-9(21)18-8(20)4-19(5)7-3-6(12)16-10(17-7)11(13,14)15/h3,5H,2,4H2,1H3,(H,18,20,21). The summed E-state index contributed by atoms with van der Waals surface area (Å²) in [5, 5.41) is 1.71. The van der Waals surface area contributed by atoms with Crippen molar-refractivity contribution < 1.29 is 22.8 Å². The molecule has 2 heterocycles. The summed E-state index contributed by atoms with van der Waals surface area (Å²) >= 11 is 5.58. The summed E-state index contributed by atoms with van der Waals surface area (Å²) < 4.78 is 38.1. The molecule has 1 N–H and O–H groups in total. The third-order valence-corrected chi connectivity index (χ3v) is 3.06. The maximum atomic E-state index is 12.7. The van der Waals surface area contributed by atoms with E-state index >= 15 is 0 Å². The molecule has 1 aliphatic rings. The second-order valence-electron chi connectivity index (χ2n) is 4.33. The van der Waals surface area contributed by atoms with Crippen molar-refractivity contribution in [1.82, 2.24) is 15.3 Å². The normalized spacial score (nSPS) is 19.7. The van der Waals surface area contributed by atoms with Crippen molar-refractivity contribution in [2.24, 2.45) is 0 Å². The minimum Gasteiger partial charge on any atom is -0.335 e. The highest BCUT2D eigenvalue weighted by Gasteiger charge is 2.38. The van der Waals surface area contributed by atoms with Crippen LogP contribution >= 0.6 is 11.6 Å². The molecular formula is C11H10ClF3N4O2. The lowest BCUT2D eigenvalue weighted by Gasteiger charge is -2.34. The fourth-order valence-electron chi connectivity index (χ4n) is 1.99. The van der Waals surface area contributed by atoms with Gasteiger partial charge in [0, 0.05) is 6.07 Å². The van der Waals surface area contributed by atoms with Gasteiger partial charge in [-0.3, -0.25) is 14.9 Å². The maximum Gasteiger partial charge on any atom is 0.451 e. The van der Waals surface area contributed by atoms with Crippen LogP contribution in [0.15, 0.2) is 6.07 Å². The van der Waals surface area contributed by atoms with Crippen molar-refractivity contribution in [3.05, 3.63) is 17.0 Å². The fraction of sp³-hybridized carbons (Fsp3) is 0.455. The molecule has 2 rings (SSSR count). The molecule has 21 heavy (non-hydrogen) atoms. The van der Waals surface area contributed by atoms with Gasteiger partial charge in [-0.05, 0) is 6.42 Å². The van der Waals surface area contributed by atoms with Gasteiger partial charge in [0.1, 0.15) is 17.0 Å². The van der Waals surface area contributed by atoms with Crippen LogP contribution in [0, 0.1) is 0 Å². The second-order valence-corrected chi connectivity index (χ2v) is 4.72. The number of hydrogen-bond acceptors (Lipinski definition) is 5. The van der Waals surface area contributed by atoms with Gasteiger partial charge < -0.3 is 4.90 Å². The van der Waals surface area contributed by atoms with E-state index in [1.54, 1.807) is 6.92 Å². The van der Waals surface area contributed by atoms with Crippen LogP contribution in [0.25, 0.3) is 0 Å². The van der Waals surface area contributed by atoms with Crippen LogP contribution in [-0.4, -0.2) is 34.4 Å². The number of hydrogen-bond donors (Lipinski definition) is 1. The predicted octanol–water partition coefficient (Wildman–Crippen LogP) is 1.39. The number of carbonyl (C=O) groups excluding carboxylic acids is 2. The molecule has 0 saturated carbocycles. The molecule has 2 amide bonds. The summed E-state index contributed by atoms with van der Waals surface area (Å²) in [5.41, 5.74) is 0. The molecule has 114 valence electrons. The van der Waals surface area contributed by atoms with Crippen LogP contribution in [-0.2, 0) is 15.8 Å². The molecule has 1 unspecified atom stereocenters. The van der Waals surface area contributed by atoms with Crippen molar-refractivity contribution in [2.45, 2.75) is 25.6 Å². The minimum absolute atomic E-state index is 0.211. The average Bonchev–Trinajstić information content (AvgIpc) is 2.36. The molecule has 0 spiro atoms. The van der Waals surface area contributed by atoms with Crippen LogP contribution in [0.1, 0.15) is 19.2 Å². The second kappa shape index (κ2) is 5.47. The van der Waals surface area contributed by atoms with E-state index in [2.05, 4.69) is 15.3 Å². The summed E-state index contributed by atoms with van der Waals surface area (Å²) in [6, 6.07) is 0.292. The lowest BCUT2D eigenvalue weighted by Crippen LogP contribution is -2.58. The van der Waals surface area contributed by atoms with Crippen LogP contribution in [0.3, 0.4) is 0 Å². The highest BCUT2D eigenvalue weighted by Crippen LogP contribution is 2.30. The molecule has 6 nitrogen and oxygen atoms in total. The summed E-state index contributed by atoms with van der Waals surface area (Å²) in [7, 11) is 0. The van der Waals surface area contributed by atoms with Crippen LogP contribution < -0.4 is 10.2 Å². The highest BCUT2D eigenvalue weighted by molar-refractivity contribution is 6.29. The Morgan fingerprint density at radius 3 is 2.67 bits per heavy atom. The lowest BCUT2D eigenvalue weighted by molar-refractivity contribution is -0.144. The molecular weight excluding hydrogens is 313 g/mol. The van der Waals surface area contributed by atoms with E-state index in [4.69, 9.17) is 11.6 Å². The number of anilines is 1. The third kappa shape index (κ3) is 3.23. The Kier molecular flexibility index (Phi) is 4.04. The maximum absolute atomic E-state index is 12.7.